The zero-order valence-electron chi connectivity index (χ0n) is 11.0. The topological polar surface area (TPSA) is 91.4 Å². The van der Waals surface area contributed by atoms with Crippen LogP contribution in [0.5, 0.6) is 0 Å². The molecule has 0 aromatic carbocycles. The van der Waals surface area contributed by atoms with Crippen LogP contribution in [-0.2, 0) is 12.7 Å². The first-order valence-electron chi connectivity index (χ1n) is 6.09. The number of hydrogen-bond acceptors (Lipinski definition) is 5. The first-order valence-corrected chi connectivity index (χ1v) is 6.09. The summed E-state index contributed by atoms with van der Waals surface area (Å²) in [6, 6.07) is 2.08. The van der Waals surface area contributed by atoms with E-state index in [1.807, 2.05) is 0 Å². The van der Waals surface area contributed by atoms with Crippen LogP contribution in [-0.4, -0.2) is 33.9 Å². The first kappa shape index (κ1) is 16.7. The second kappa shape index (κ2) is 6.38. The lowest BCUT2D eigenvalue weighted by Crippen LogP contribution is -2.45. The third kappa shape index (κ3) is 3.59. The molecular formula is C12H18F3N3O2. The molecule has 8 heteroatoms. The van der Waals surface area contributed by atoms with Crippen LogP contribution in [0.2, 0.25) is 0 Å². The molecule has 5 N–H and O–H groups in total. The molecule has 0 saturated carbocycles. The van der Waals surface area contributed by atoms with Crippen molar-refractivity contribution >= 4 is 5.82 Å². The number of pyridine rings is 1. The predicted octanol–water partition coefficient (Wildman–Crippen LogP) is 1.10. The largest absolute Gasteiger partial charge is 0.433 e. The number of rotatable bonds is 6. The van der Waals surface area contributed by atoms with Crippen LogP contribution in [0.15, 0.2) is 12.1 Å². The van der Waals surface area contributed by atoms with Crippen LogP contribution in [0.3, 0.4) is 0 Å². The highest BCUT2D eigenvalue weighted by atomic mass is 19.4. The van der Waals surface area contributed by atoms with E-state index in [-0.39, 0.29) is 12.4 Å². The summed E-state index contributed by atoms with van der Waals surface area (Å²) in [4.78, 5) is 3.51. The number of nitrogens with one attached hydrogen (secondary N) is 1. The molecule has 0 unspecified atom stereocenters. The second-order valence-corrected chi connectivity index (χ2v) is 4.48. The van der Waals surface area contributed by atoms with Gasteiger partial charge in [0, 0.05) is 12.1 Å². The molecule has 0 radical (unpaired) electrons. The van der Waals surface area contributed by atoms with Crippen LogP contribution < -0.4 is 11.1 Å². The van der Waals surface area contributed by atoms with Crippen molar-refractivity contribution in [3.63, 3.8) is 0 Å². The molecule has 0 saturated heterocycles. The Bertz CT molecular complexity index is 440. The molecule has 0 fully saturated rings. The maximum absolute atomic E-state index is 12.7. The van der Waals surface area contributed by atoms with Gasteiger partial charge >= 0.3 is 6.18 Å². The lowest BCUT2D eigenvalue weighted by Gasteiger charge is -2.31. The number of aliphatic hydroxyl groups is 2. The molecule has 1 heterocycles. The van der Waals surface area contributed by atoms with Crippen molar-refractivity contribution < 1.29 is 23.4 Å². The molecule has 0 bridgehead atoms. The van der Waals surface area contributed by atoms with Gasteiger partial charge in [0.15, 0.2) is 0 Å². The summed E-state index contributed by atoms with van der Waals surface area (Å²) < 4.78 is 38.0. The quantitative estimate of drug-likeness (QED) is 0.630. The maximum Gasteiger partial charge on any atom is 0.433 e. The number of aliphatic hydroxyl groups excluding tert-OH is 2. The predicted molar refractivity (Wildman–Crippen MR) is 67.9 cm³/mol. The normalized spacial score (nSPS) is 12.6. The van der Waals surface area contributed by atoms with E-state index in [0.29, 0.717) is 12.0 Å². The van der Waals surface area contributed by atoms with Crippen LogP contribution in [0, 0.1) is 0 Å². The molecule has 114 valence electrons. The third-order valence-electron chi connectivity index (χ3n) is 3.15. The molecule has 0 atom stereocenters. The highest BCUT2D eigenvalue weighted by Gasteiger charge is 2.34. The van der Waals surface area contributed by atoms with Gasteiger partial charge in [-0.2, -0.15) is 13.2 Å². The molecule has 1 aromatic heterocycles. The Morgan fingerprint density at radius 3 is 2.25 bits per heavy atom. The van der Waals surface area contributed by atoms with E-state index in [9.17, 15) is 23.4 Å². The van der Waals surface area contributed by atoms with Gasteiger partial charge in [0.1, 0.15) is 11.5 Å². The second-order valence-electron chi connectivity index (χ2n) is 4.48. The summed E-state index contributed by atoms with van der Waals surface area (Å²) in [5.74, 6) is -0.0766. The Balaban J connectivity index is 3.21. The Hall–Kier alpha value is -1.38. The van der Waals surface area contributed by atoms with Gasteiger partial charge in [0.25, 0.3) is 0 Å². The van der Waals surface area contributed by atoms with Crippen molar-refractivity contribution in [2.45, 2.75) is 31.6 Å². The van der Waals surface area contributed by atoms with E-state index in [1.54, 1.807) is 6.92 Å². The molecule has 5 nitrogen and oxygen atoms in total. The summed E-state index contributed by atoms with van der Waals surface area (Å²) in [6.45, 7) is 0.795. The monoisotopic (exact) mass is 293 g/mol. The van der Waals surface area contributed by atoms with Gasteiger partial charge in [0.2, 0.25) is 0 Å². The van der Waals surface area contributed by atoms with E-state index < -0.39 is 30.6 Å². The van der Waals surface area contributed by atoms with Crippen molar-refractivity contribution in [1.82, 2.24) is 4.98 Å². The molecule has 1 aromatic rings. The van der Waals surface area contributed by atoms with E-state index in [1.165, 1.54) is 6.07 Å². The molecule has 0 amide bonds. The molecular weight excluding hydrogens is 275 g/mol. The van der Waals surface area contributed by atoms with Crippen molar-refractivity contribution in [3.8, 4) is 0 Å². The van der Waals surface area contributed by atoms with Gasteiger partial charge in [0.05, 0.1) is 18.8 Å². The third-order valence-corrected chi connectivity index (χ3v) is 3.15. The highest BCUT2D eigenvalue weighted by molar-refractivity contribution is 5.47. The summed E-state index contributed by atoms with van der Waals surface area (Å²) in [6.07, 6.45) is -4.27. The van der Waals surface area contributed by atoms with Crippen LogP contribution in [0.1, 0.15) is 24.6 Å². The smallest absolute Gasteiger partial charge is 0.394 e. The number of hydrogen-bond donors (Lipinski definition) is 4. The Labute approximate surface area is 114 Å². The first-order chi connectivity index (χ1) is 9.31. The minimum absolute atomic E-state index is 0.00980. The lowest BCUT2D eigenvalue weighted by atomic mass is 9.98. The van der Waals surface area contributed by atoms with Crippen molar-refractivity contribution in [2.24, 2.45) is 5.73 Å². The average molecular weight is 293 g/mol. The molecule has 0 aliphatic heterocycles. The number of alkyl halides is 3. The van der Waals surface area contributed by atoms with Crippen LogP contribution >= 0.6 is 0 Å². The zero-order chi connectivity index (χ0) is 15.4. The minimum Gasteiger partial charge on any atom is -0.394 e. The number of nitrogens with two attached hydrogens (primary N) is 1. The van der Waals surface area contributed by atoms with Crippen molar-refractivity contribution in [2.75, 3.05) is 18.5 Å². The summed E-state index contributed by atoms with van der Waals surface area (Å²) in [5.41, 5.74) is 3.64. The molecule has 1 rings (SSSR count). The van der Waals surface area contributed by atoms with Gasteiger partial charge in [-0.3, -0.25) is 0 Å². The minimum atomic E-state index is -4.57. The fraction of sp³-hybridized carbons (Fsp3) is 0.583. The maximum atomic E-state index is 12.7. The number of anilines is 1. The van der Waals surface area contributed by atoms with Gasteiger partial charge in [-0.1, -0.05) is 13.0 Å². The van der Waals surface area contributed by atoms with Gasteiger partial charge in [-0.15, -0.1) is 0 Å². The van der Waals surface area contributed by atoms with E-state index in [4.69, 9.17) is 5.73 Å². The van der Waals surface area contributed by atoms with Crippen molar-refractivity contribution in [1.29, 1.82) is 0 Å². The number of aromatic nitrogens is 1. The van der Waals surface area contributed by atoms with E-state index in [2.05, 4.69) is 10.3 Å². The van der Waals surface area contributed by atoms with Gasteiger partial charge < -0.3 is 21.3 Å². The summed E-state index contributed by atoms with van der Waals surface area (Å²) >= 11 is 0. The fourth-order valence-corrected chi connectivity index (χ4v) is 1.61. The number of halogens is 3. The van der Waals surface area contributed by atoms with Gasteiger partial charge in [-0.05, 0) is 12.5 Å². The standard InChI is InChI=1S/C12H18F3N3O2/c1-2-11(6-19,7-20)18-10-8(5-16)3-4-9(17-10)12(13,14)15/h3-4,19-20H,2,5-7,16H2,1H3,(H,17,18). The zero-order valence-corrected chi connectivity index (χ0v) is 11.0. The lowest BCUT2D eigenvalue weighted by molar-refractivity contribution is -0.141. The Morgan fingerprint density at radius 1 is 1.25 bits per heavy atom. The Kier molecular flexibility index (Phi) is 5.32. The summed E-state index contributed by atoms with van der Waals surface area (Å²) in [5, 5.41) is 21.3. The van der Waals surface area contributed by atoms with E-state index in [0.717, 1.165) is 6.07 Å². The van der Waals surface area contributed by atoms with Gasteiger partial charge in [-0.25, -0.2) is 4.98 Å². The molecule has 0 spiro atoms. The molecule has 0 aliphatic carbocycles. The van der Waals surface area contributed by atoms with E-state index >= 15 is 0 Å². The van der Waals surface area contributed by atoms with Crippen LogP contribution in [0.25, 0.3) is 0 Å². The molecule has 0 aliphatic rings. The summed E-state index contributed by atoms with van der Waals surface area (Å²) in [7, 11) is 0. The number of nitrogens with zero attached hydrogens (tertiary/aromatic N) is 1. The van der Waals surface area contributed by atoms with Crippen LogP contribution in [0.4, 0.5) is 19.0 Å². The van der Waals surface area contributed by atoms with Crippen molar-refractivity contribution in [3.05, 3.63) is 23.4 Å². The highest BCUT2D eigenvalue weighted by Crippen LogP contribution is 2.30. The average Bonchev–Trinajstić information content (AvgIpc) is 2.43. The fourth-order valence-electron chi connectivity index (χ4n) is 1.61. The Morgan fingerprint density at radius 2 is 1.85 bits per heavy atom. The molecule has 20 heavy (non-hydrogen) atoms. The SMILES string of the molecule is CCC(CO)(CO)Nc1nc(C(F)(F)F)ccc1CN.